The summed E-state index contributed by atoms with van der Waals surface area (Å²) in [6.45, 7) is 10.0. The molecule has 0 aliphatic heterocycles. The van der Waals surface area contributed by atoms with Gasteiger partial charge in [-0.2, -0.15) is 0 Å². The lowest BCUT2D eigenvalue weighted by Gasteiger charge is -2.31. The first-order valence-corrected chi connectivity index (χ1v) is 5.96. The molecule has 0 unspecified atom stereocenters. The quantitative estimate of drug-likeness (QED) is 0.617. The van der Waals surface area contributed by atoms with Crippen molar-refractivity contribution in [1.29, 1.82) is 0 Å². The number of hydrogen-bond donors (Lipinski definition) is 2. The first kappa shape index (κ1) is 14.1. The van der Waals surface area contributed by atoms with Crippen molar-refractivity contribution in [1.82, 2.24) is 0 Å². The highest BCUT2D eigenvalue weighted by Crippen LogP contribution is 2.21. The topological polar surface area (TPSA) is 55.5 Å². The van der Waals surface area contributed by atoms with E-state index in [1.165, 1.54) is 0 Å². The molecule has 0 saturated heterocycles. The van der Waals surface area contributed by atoms with Crippen LogP contribution < -0.4 is 11.2 Å². The molecule has 0 aliphatic rings. The lowest BCUT2D eigenvalue weighted by atomic mass is 9.74. The third-order valence-corrected chi connectivity index (χ3v) is 3.38. The minimum absolute atomic E-state index is 0.318. The van der Waals surface area contributed by atoms with Crippen molar-refractivity contribution in [2.75, 3.05) is 5.73 Å². The third kappa shape index (κ3) is 3.48. The van der Waals surface area contributed by atoms with Gasteiger partial charge in [0.2, 0.25) is 0 Å². The highest BCUT2D eigenvalue weighted by atomic mass is 16.5. The summed E-state index contributed by atoms with van der Waals surface area (Å²) < 4.78 is 5.72. The SMILES string of the molecule is Cc1ccc(N)cc1B(O)OC(C)(C)C(C)C. The van der Waals surface area contributed by atoms with Gasteiger partial charge in [-0.1, -0.05) is 25.5 Å². The maximum atomic E-state index is 10.1. The molecule has 0 radical (unpaired) electrons. The molecule has 1 rings (SSSR count). The molecule has 0 amide bonds. The van der Waals surface area contributed by atoms with Crippen LogP contribution in [0.5, 0.6) is 0 Å². The molecule has 0 atom stereocenters. The van der Waals surface area contributed by atoms with Crippen molar-refractivity contribution in [3.05, 3.63) is 23.8 Å². The maximum absolute atomic E-state index is 10.1. The highest BCUT2D eigenvalue weighted by Gasteiger charge is 2.31. The molecule has 0 heterocycles. The number of hydrogen-bond acceptors (Lipinski definition) is 3. The van der Waals surface area contributed by atoms with Crippen molar-refractivity contribution in [3.63, 3.8) is 0 Å². The van der Waals surface area contributed by atoms with Crippen molar-refractivity contribution in [3.8, 4) is 0 Å². The highest BCUT2D eigenvalue weighted by molar-refractivity contribution is 6.60. The van der Waals surface area contributed by atoms with Crippen molar-refractivity contribution < 1.29 is 9.68 Å². The van der Waals surface area contributed by atoms with E-state index in [2.05, 4.69) is 13.8 Å². The molecule has 0 aliphatic carbocycles. The Balaban J connectivity index is 2.90. The Morgan fingerprint density at radius 1 is 1.35 bits per heavy atom. The zero-order valence-electron chi connectivity index (χ0n) is 11.3. The van der Waals surface area contributed by atoms with Crippen LogP contribution in [0.15, 0.2) is 18.2 Å². The molecule has 0 saturated carbocycles. The Kier molecular flexibility index (Phi) is 4.23. The Morgan fingerprint density at radius 2 is 1.94 bits per heavy atom. The van der Waals surface area contributed by atoms with Crippen molar-refractivity contribution >= 4 is 18.3 Å². The Labute approximate surface area is 104 Å². The zero-order chi connectivity index (χ0) is 13.2. The van der Waals surface area contributed by atoms with Gasteiger partial charge < -0.3 is 15.4 Å². The van der Waals surface area contributed by atoms with Gasteiger partial charge in [-0.05, 0) is 44.3 Å². The van der Waals surface area contributed by atoms with Gasteiger partial charge in [0.05, 0.1) is 5.60 Å². The van der Waals surface area contributed by atoms with E-state index in [-0.39, 0.29) is 5.60 Å². The second kappa shape index (κ2) is 5.11. The molecule has 3 nitrogen and oxygen atoms in total. The molecule has 4 heteroatoms. The number of nitrogen functional groups attached to an aromatic ring is 1. The molecule has 0 aromatic heterocycles. The van der Waals surface area contributed by atoms with Crippen LogP contribution in [0.3, 0.4) is 0 Å². The van der Waals surface area contributed by atoms with Gasteiger partial charge in [0.25, 0.3) is 0 Å². The Morgan fingerprint density at radius 3 is 2.47 bits per heavy atom. The summed E-state index contributed by atoms with van der Waals surface area (Å²) >= 11 is 0. The van der Waals surface area contributed by atoms with Crippen LogP contribution in [0.1, 0.15) is 33.3 Å². The molecule has 1 aromatic carbocycles. The van der Waals surface area contributed by atoms with Crippen LogP contribution in [0.2, 0.25) is 0 Å². The summed E-state index contributed by atoms with van der Waals surface area (Å²) in [5.41, 5.74) is 7.69. The number of nitrogens with two attached hydrogens (primary N) is 1. The summed E-state index contributed by atoms with van der Waals surface area (Å²) in [6.07, 6.45) is 0. The van der Waals surface area contributed by atoms with Crippen molar-refractivity contribution in [2.24, 2.45) is 5.92 Å². The van der Waals surface area contributed by atoms with Crippen LogP contribution in [-0.2, 0) is 4.65 Å². The van der Waals surface area contributed by atoms with Gasteiger partial charge in [0.15, 0.2) is 0 Å². The summed E-state index contributed by atoms with van der Waals surface area (Å²) in [5.74, 6) is 0.318. The van der Waals surface area contributed by atoms with Gasteiger partial charge in [0, 0.05) is 5.69 Å². The first-order valence-electron chi connectivity index (χ1n) is 5.96. The predicted molar refractivity (Wildman–Crippen MR) is 73.2 cm³/mol. The second-order valence-electron chi connectivity index (χ2n) is 5.34. The summed E-state index contributed by atoms with van der Waals surface area (Å²) in [5, 5.41) is 10.1. The number of anilines is 1. The monoisotopic (exact) mass is 235 g/mol. The summed E-state index contributed by atoms with van der Waals surface area (Å²) in [7, 11) is -0.934. The van der Waals surface area contributed by atoms with E-state index in [0.29, 0.717) is 11.6 Å². The van der Waals surface area contributed by atoms with E-state index in [1.807, 2.05) is 32.9 Å². The molecular formula is C13H22BNO2. The van der Waals surface area contributed by atoms with Gasteiger partial charge in [-0.3, -0.25) is 0 Å². The molecular weight excluding hydrogens is 213 g/mol. The summed E-state index contributed by atoms with van der Waals surface area (Å²) in [6, 6.07) is 5.47. The standard InChI is InChI=1S/C13H22BNO2/c1-9(2)13(4,5)17-14(16)12-8-11(15)7-6-10(12)3/h6-9,16H,15H2,1-5H3. The molecule has 0 spiro atoms. The number of aryl methyl sites for hydroxylation is 1. The van der Waals surface area contributed by atoms with Gasteiger partial charge in [0.1, 0.15) is 0 Å². The van der Waals surface area contributed by atoms with Crippen LogP contribution in [0.4, 0.5) is 5.69 Å². The number of rotatable bonds is 4. The fourth-order valence-electron chi connectivity index (χ4n) is 1.41. The van der Waals surface area contributed by atoms with Gasteiger partial charge >= 0.3 is 7.12 Å². The first-order chi connectivity index (χ1) is 7.74. The van der Waals surface area contributed by atoms with Gasteiger partial charge in [-0.15, -0.1) is 0 Å². The second-order valence-corrected chi connectivity index (χ2v) is 5.34. The zero-order valence-corrected chi connectivity index (χ0v) is 11.3. The molecule has 0 bridgehead atoms. The van der Waals surface area contributed by atoms with E-state index in [4.69, 9.17) is 10.4 Å². The average Bonchev–Trinajstić information content (AvgIpc) is 2.20. The van der Waals surface area contributed by atoms with E-state index in [1.54, 1.807) is 6.07 Å². The Bertz CT molecular complexity index is 391. The summed E-state index contributed by atoms with van der Waals surface area (Å²) in [4.78, 5) is 0. The fraction of sp³-hybridized carbons (Fsp3) is 0.538. The molecule has 94 valence electrons. The van der Waals surface area contributed by atoms with E-state index in [0.717, 1.165) is 11.0 Å². The normalized spacial score (nSPS) is 11.9. The van der Waals surface area contributed by atoms with Crippen LogP contribution >= 0.6 is 0 Å². The largest absolute Gasteiger partial charge is 0.491 e. The smallest absolute Gasteiger partial charge is 0.423 e. The number of benzene rings is 1. The molecule has 17 heavy (non-hydrogen) atoms. The van der Waals surface area contributed by atoms with E-state index in [9.17, 15) is 5.02 Å². The minimum Gasteiger partial charge on any atom is -0.423 e. The average molecular weight is 235 g/mol. The molecule has 3 N–H and O–H groups in total. The lowest BCUT2D eigenvalue weighted by molar-refractivity contribution is 0.0423. The van der Waals surface area contributed by atoms with Gasteiger partial charge in [-0.25, -0.2) is 0 Å². The van der Waals surface area contributed by atoms with E-state index >= 15 is 0 Å². The molecule has 1 aromatic rings. The molecule has 0 fully saturated rings. The maximum Gasteiger partial charge on any atom is 0.491 e. The van der Waals surface area contributed by atoms with Crippen LogP contribution in [-0.4, -0.2) is 17.7 Å². The fourth-order valence-corrected chi connectivity index (χ4v) is 1.41. The van der Waals surface area contributed by atoms with Crippen LogP contribution in [0.25, 0.3) is 0 Å². The van der Waals surface area contributed by atoms with E-state index < -0.39 is 7.12 Å². The third-order valence-electron chi connectivity index (χ3n) is 3.38. The predicted octanol–water partition coefficient (Wildman–Crippen LogP) is 1.72. The van der Waals surface area contributed by atoms with Crippen molar-refractivity contribution in [2.45, 2.75) is 40.2 Å². The van der Waals surface area contributed by atoms with Crippen LogP contribution in [0, 0.1) is 12.8 Å². The lowest BCUT2D eigenvalue weighted by Crippen LogP contribution is -2.45. The Hall–Kier alpha value is -0.995. The minimum atomic E-state index is -0.934.